The van der Waals surface area contributed by atoms with Crippen molar-refractivity contribution in [3.8, 4) is 0 Å². The summed E-state index contributed by atoms with van der Waals surface area (Å²) in [4.78, 5) is 28.9. The molecule has 2 amide bonds. The Morgan fingerprint density at radius 2 is 2.10 bits per heavy atom. The van der Waals surface area contributed by atoms with Gasteiger partial charge in [-0.2, -0.15) is 0 Å². The number of amides is 2. The maximum atomic E-state index is 13.4. The molecule has 2 aromatic heterocycles. The van der Waals surface area contributed by atoms with E-state index in [0.717, 1.165) is 12.8 Å². The molecule has 29 heavy (non-hydrogen) atoms. The van der Waals surface area contributed by atoms with E-state index in [1.807, 2.05) is 0 Å². The normalized spacial score (nSPS) is 15.0. The first-order valence-corrected chi connectivity index (χ1v) is 9.56. The Kier molecular flexibility index (Phi) is 5.20. The lowest BCUT2D eigenvalue weighted by Crippen LogP contribution is -2.42. The molecule has 1 atom stereocenters. The number of nitrogens with one attached hydrogen (secondary N) is 2. The smallest absolute Gasteiger partial charge is 0.273 e. The monoisotopic (exact) mass is 396 g/mol. The minimum absolute atomic E-state index is 0.233. The van der Waals surface area contributed by atoms with E-state index in [9.17, 15) is 14.0 Å². The molecule has 4 rings (SSSR count). The molecule has 0 aliphatic heterocycles. The lowest BCUT2D eigenvalue weighted by atomic mass is 9.93. The summed E-state index contributed by atoms with van der Waals surface area (Å²) >= 11 is 0. The van der Waals surface area contributed by atoms with Gasteiger partial charge in [0.1, 0.15) is 5.82 Å². The highest BCUT2D eigenvalue weighted by Gasteiger charge is 2.22. The summed E-state index contributed by atoms with van der Waals surface area (Å²) in [5.41, 5.74) is 1.19. The molecule has 1 aliphatic carbocycles. The lowest BCUT2D eigenvalue weighted by Gasteiger charge is -2.24. The number of carbonyl (C=O) groups excluding carboxylic acids is 2. The Bertz CT molecular complexity index is 1060. The first-order valence-electron chi connectivity index (χ1n) is 9.56. The third kappa shape index (κ3) is 4.23. The number of halogens is 1. The summed E-state index contributed by atoms with van der Waals surface area (Å²) in [6.45, 7) is 2.01. The largest absolute Gasteiger partial charge is 0.349 e. The number of pyridine rings is 1. The van der Waals surface area contributed by atoms with Crippen LogP contribution in [0.4, 0.5) is 4.39 Å². The molecule has 2 heterocycles. The molecule has 9 heteroatoms. The fourth-order valence-corrected chi connectivity index (χ4v) is 3.13. The van der Waals surface area contributed by atoms with E-state index in [4.69, 9.17) is 0 Å². The number of hydrogen-bond donors (Lipinski definition) is 2. The first-order chi connectivity index (χ1) is 14.0. The van der Waals surface area contributed by atoms with Crippen molar-refractivity contribution in [3.05, 3.63) is 53.7 Å². The van der Waals surface area contributed by atoms with Crippen molar-refractivity contribution < 1.29 is 14.0 Å². The van der Waals surface area contributed by atoms with Crippen LogP contribution in [0, 0.1) is 5.82 Å². The summed E-state index contributed by atoms with van der Waals surface area (Å²) in [6, 6.07) is 5.82. The van der Waals surface area contributed by atoms with Gasteiger partial charge < -0.3 is 10.6 Å². The van der Waals surface area contributed by atoms with E-state index in [0.29, 0.717) is 22.5 Å². The highest BCUT2D eigenvalue weighted by molar-refractivity contribution is 5.97. The third-order valence-corrected chi connectivity index (χ3v) is 5.04. The molecular formula is C20H21FN6O2. The number of nitrogens with zero attached hydrogens (tertiary/aromatic N) is 4. The van der Waals surface area contributed by atoms with Crippen molar-refractivity contribution in [2.45, 2.75) is 38.3 Å². The van der Waals surface area contributed by atoms with Crippen LogP contribution in [-0.4, -0.2) is 44.4 Å². The van der Waals surface area contributed by atoms with Crippen molar-refractivity contribution in [1.29, 1.82) is 0 Å². The van der Waals surface area contributed by atoms with Crippen LogP contribution in [-0.2, 0) is 0 Å². The predicted molar refractivity (Wildman–Crippen MR) is 104 cm³/mol. The lowest BCUT2D eigenvalue weighted by molar-refractivity contribution is 0.0910. The number of fused-ring (bicyclic) bond motifs is 1. The van der Waals surface area contributed by atoms with Gasteiger partial charge in [0, 0.05) is 24.2 Å². The van der Waals surface area contributed by atoms with Crippen LogP contribution in [0.5, 0.6) is 0 Å². The van der Waals surface area contributed by atoms with E-state index in [1.54, 1.807) is 29.9 Å². The van der Waals surface area contributed by atoms with Gasteiger partial charge in [-0.3, -0.25) is 14.6 Å². The zero-order chi connectivity index (χ0) is 20.4. The number of hydrogen-bond acceptors (Lipinski definition) is 5. The zero-order valence-electron chi connectivity index (χ0n) is 15.9. The molecule has 8 nitrogen and oxygen atoms in total. The molecule has 1 aromatic carbocycles. The van der Waals surface area contributed by atoms with Gasteiger partial charge in [0.05, 0.1) is 23.3 Å². The Morgan fingerprint density at radius 1 is 1.28 bits per heavy atom. The van der Waals surface area contributed by atoms with Gasteiger partial charge in [-0.1, -0.05) is 5.21 Å². The molecule has 0 radical (unpaired) electrons. The Morgan fingerprint density at radius 3 is 2.86 bits per heavy atom. The Hall–Kier alpha value is -3.36. The number of benzene rings is 1. The number of rotatable bonds is 6. The van der Waals surface area contributed by atoms with Gasteiger partial charge in [-0.25, -0.2) is 9.07 Å². The molecule has 0 bridgehead atoms. The minimum atomic E-state index is -0.387. The summed E-state index contributed by atoms with van der Waals surface area (Å²) < 4.78 is 15.1. The average molecular weight is 396 g/mol. The van der Waals surface area contributed by atoms with Crippen molar-refractivity contribution >= 4 is 22.7 Å². The molecule has 3 aromatic rings. The van der Waals surface area contributed by atoms with Gasteiger partial charge in [-0.05, 0) is 50.5 Å². The molecular weight excluding hydrogens is 375 g/mol. The fourth-order valence-electron chi connectivity index (χ4n) is 3.13. The summed E-state index contributed by atoms with van der Waals surface area (Å²) in [7, 11) is 0. The second-order valence-electron chi connectivity index (χ2n) is 7.31. The maximum Gasteiger partial charge on any atom is 0.273 e. The topological polar surface area (TPSA) is 102 Å². The van der Waals surface area contributed by atoms with Gasteiger partial charge in [0.2, 0.25) is 0 Å². The van der Waals surface area contributed by atoms with Crippen LogP contribution in [0.25, 0.3) is 10.9 Å². The standard InChI is InChI=1S/C20H21FN6O2/c1-12(9-23-20(29)18-11-27(26-25-18)16-3-2-4-16)24-19(28)14-7-13-8-15(21)5-6-17(13)22-10-14/h5-8,10-12,16H,2-4,9H2,1H3,(H,23,29)(H,24,28)/t12-/m0/s1. The molecule has 0 saturated heterocycles. The van der Waals surface area contributed by atoms with Gasteiger partial charge in [-0.15, -0.1) is 5.10 Å². The number of aromatic nitrogens is 4. The molecule has 1 aliphatic rings. The molecule has 2 N–H and O–H groups in total. The van der Waals surface area contributed by atoms with E-state index < -0.39 is 0 Å². The third-order valence-electron chi connectivity index (χ3n) is 5.04. The van der Waals surface area contributed by atoms with Crippen LogP contribution in [0.3, 0.4) is 0 Å². The minimum Gasteiger partial charge on any atom is -0.349 e. The van der Waals surface area contributed by atoms with Crippen molar-refractivity contribution in [3.63, 3.8) is 0 Å². The van der Waals surface area contributed by atoms with Crippen LogP contribution < -0.4 is 10.6 Å². The van der Waals surface area contributed by atoms with Crippen LogP contribution in [0.15, 0.2) is 36.7 Å². The number of carbonyl (C=O) groups is 2. The molecule has 1 saturated carbocycles. The van der Waals surface area contributed by atoms with Gasteiger partial charge in [0.25, 0.3) is 11.8 Å². The molecule has 0 unspecified atom stereocenters. The van der Waals surface area contributed by atoms with Crippen LogP contribution in [0.2, 0.25) is 0 Å². The predicted octanol–water partition coefficient (Wildman–Crippen LogP) is 2.24. The van der Waals surface area contributed by atoms with E-state index in [1.165, 1.54) is 24.8 Å². The van der Waals surface area contributed by atoms with Crippen molar-refractivity contribution in [2.24, 2.45) is 0 Å². The zero-order valence-corrected chi connectivity index (χ0v) is 15.9. The first kappa shape index (κ1) is 19.0. The molecule has 0 spiro atoms. The SMILES string of the molecule is C[C@@H](CNC(=O)c1cn(C2CCC2)nn1)NC(=O)c1cnc2ccc(F)cc2c1. The van der Waals surface area contributed by atoms with E-state index in [-0.39, 0.29) is 35.9 Å². The van der Waals surface area contributed by atoms with Crippen LogP contribution >= 0.6 is 0 Å². The quantitative estimate of drug-likeness (QED) is 0.665. The highest BCUT2D eigenvalue weighted by Crippen LogP contribution is 2.30. The second kappa shape index (κ2) is 7.94. The highest BCUT2D eigenvalue weighted by atomic mass is 19.1. The fraction of sp³-hybridized carbons (Fsp3) is 0.350. The molecule has 1 fully saturated rings. The summed E-state index contributed by atoms with van der Waals surface area (Å²) in [5, 5.41) is 14.0. The summed E-state index contributed by atoms with van der Waals surface area (Å²) in [6.07, 6.45) is 6.39. The molecule has 150 valence electrons. The van der Waals surface area contributed by atoms with E-state index in [2.05, 4.69) is 25.9 Å². The van der Waals surface area contributed by atoms with E-state index >= 15 is 0 Å². The van der Waals surface area contributed by atoms with Gasteiger partial charge in [0.15, 0.2) is 5.69 Å². The Balaban J connectivity index is 1.31. The van der Waals surface area contributed by atoms with Gasteiger partial charge >= 0.3 is 0 Å². The Labute approximate surface area is 166 Å². The maximum absolute atomic E-state index is 13.4. The van der Waals surface area contributed by atoms with Crippen LogP contribution in [0.1, 0.15) is 53.1 Å². The van der Waals surface area contributed by atoms with Crippen molar-refractivity contribution in [2.75, 3.05) is 6.54 Å². The second-order valence-corrected chi connectivity index (χ2v) is 7.31. The van der Waals surface area contributed by atoms with Crippen molar-refractivity contribution in [1.82, 2.24) is 30.6 Å². The average Bonchev–Trinajstić information content (AvgIpc) is 3.13. The summed E-state index contributed by atoms with van der Waals surface area (Å²) in [5.74, 6) is -1.07.